The quantitative estimate of drug-likeness (QED) is 0.0527. The summed E-state index contributed by atoms with van der Waals surface area (Å²) in [5.74, 6) is 0. The van der Waals surface area contributed by atoms with Crippen LogP contribution in [0.1, 0.15) is 219 Å². The zero-order valence-electron chi connectivity index (χ0n) is 30.3. The smallest absolute Gasteiger partial charge is 0.0654 e. The summed E-state index contributed by atoms with van der Waals surface area (Å²) in [5, 5.41) is 19.7. The van der Waals surface area contributed by atoms with Crippen LogP contribution in [0.2, 0.25) is 0 Å². The molecule has 0 fully saturated rings. The molecule has 3 heteroatoms. The van der Waals surface area contributed by atoms with Gasteiger partial charge in [-0.1, -0.05) is 78.1 Å². The summed E-state index contributed by atoms with van der Waals surface area (Å²) in [6, 6.07) is 0. The molecule has 2 N–H and O–H groups in total. The second-order valence-electron chi connectivity index (χ2n) is 14.6. The van der Waals surface area contributed by atoms with E-state index in [1.54, 1.807) is 0 Å². The zero-order valence-corrected chi connectivity index (χ0v) is 31.3. The summed E-state index contributed by atoms with van der Waals surface area (Å²) >= 11 is 0. The van der Waals surface area contributed by atoms with Crippen LogP contribution in [0.4, 0.5) is 0 Å². The van der Waals surface area contributed by atoms with Gasteiger partial charge in [-0.25, -0.2) is 0 Å². The minimum absolute atomic E-state index is 0.337. The van der Waals surface area contributed by atoms with Crippen LogP contribution in [-0.4, -0.2) is 48.1 Å². The molecule has 0 aliphatic heterocycles. The number of aliphatic hydroxyl groups is 2. The molecular weight excluding hydrogens is 543 g/mol. The summed E-state index contributed by atoms with van der Waals surface area (Å²) in [6.45, 7) is 5.27. The molecule has 262 valence electrons. The Morgan fingerprint density at radius 3 is 0.628 bits per heavy atom. The molecule has 0 saturated carbocycles. The van der Waals surface area contributed by atoms with Gasteiger partial charge in [0.15, 0.2) is 0 Å². The molecule has 0 amide bonds. The van der Waals surface area contributed by atoms with E-state index in [2.05, 4.69) is 13.8 Å². The van der Waals surface area contributed by atoms with Crippen LogP contribution in [-0.2, 0) is 0 Å². The molecule has 0 saturated heterocycles. The first-order valence-corrected chi connectivity index (χ1v) is 23.3. The molecule has 0 heterocycles. The molecule has 0 spiro atoms. The molecule has 2 nitrogen and oxygen atoms in total. The maximum absolute atomic E-state index is 9.85. The summed E-state index contributed by atoms with van der Waals surface area (Å²) in [5.41, 5.74) is 0. The second kappa shape index (κ2) is 36.8. The van der Waals surface area contributed by atoms with Gasteiger partial charge < -0.3 is 0 Å². The summed E-state index contributed by atoms with van der Waals surface area (Å²) in [6.07, 6.45) is 50.2. The number of hydrogen-bond donors (Lipinski definition) is 2. The Labute approximate surface area is 274 Å². The van der Waals surface area contributed by atoms with Crippen LogP contribution in [0, 0.1) is 0 Å². The van der Waals surface area contributed by atoms with Crippen molar-refractivity contribution in [2.75, 3.05) is 37.9 Å². The third-order valence-corrected chi connectivity index (χ3v) is 15.8. The molecule has 0 aromatic heterocycles. The van der Waals surface area contributed by atoms with Crippen LogP contribution in [0.15, 0.2) is 0 Å². The van der Waals surface area contributed by atoms with Crippen LogP contribution in [0.3, 0.4) is 0 Å². The molecule has 43 heavy (non-hydrogen) atoms. The van der Waals surface area contributed by atoms with E-state index in [0.717, 1.165) is 12.3 Å². The molecule has 0 radical (unpaired) electrons. The van der Waals surface area contributed by atoms with Crippen molar-refractivity contribution < 1.29 is 10.2 Å². The minimum Gasteiger partial charge on any atom is -0.0654 e. The molecule has 0 rings (SSSR count). The first-order valence-electron chi connectivity index (χ1n) is 20.5. The van der Waals surface area contributed by atoms with Gasteiger partial charge in [-0.15, -0.1) is 0 Å². The first kappa shape index (κ1) is 43.4. The number of hydrogen-bond acceptors (Lipinski definition) is 2. The van der Waals surface area contributed by atoms with Gasteiger partial charge in [0.05, 0.1) is 0 Å². The average Bonchev–Trinajstić information content (AvgIpc) is 3.01. The van der Waals surface area contributed by atoms with E-state index in [4.69, 9.17) is 0 Å². The monoisotopic (exact) mass is 629 g/mol. The van der Waals surface area contributed by atoms with E-state index in [-0.39, 0.29) is 0 Å². The zero-order chi connectivity index (χ0) is 31.4. The van der Waals surface area contributed by atoms with Crippen molar-refractivity contribution in [1.82, 2.24) is 0 Å². The van der Waals surface area contributed by atoms with Crippen LogP contribution < -0.4 is 0 Å². The molecule has 0 aliphatic rings. The number of aliphatic hydroxyl groups excluding tert-OH is 2. The molecule has 0 unspecified atom stereocenters. The van der Waals surface area contributed by atoms with Crippen molar-refractivity contribution in [3.8, 4) is 0 Å². The van der Waals surface area contributed by atoms with Crippen molar-refractivity contribution in [2.24, 2.45) is 0 Å². The molecule has 0 atom stereocenters. The van der Waals surface area contributed by atoms with E-state index >= 15 is 0 Å². The second-order valence-corrected chi connectivity index (χ2v) is 19.6. The van der Waals surface area contributed by atoms with Crippen molar-refractivity contribution >= 4 is 7.26 Å². The van der Waals surface area contributed by atoms with Gasteiger partial charge >= 0.3 is 197 Å². The third-order valence-electron chi connectivity index (χ3n) is 10.4. The maximum atomic E-state index is 9.85. The van der Waals surface area contributed by atoms with E-state index in [1.165, 1.54) is 218 Å². The van der Waals surface area contributed by atoms with Crippen molar-refractivity contribution in [3.05, 3.63) is 0 Å². The predicted molar refractivity (Wildman–Crippen MR) is 201 cm³/mol. The van der Waals surface area contributed by atoms with Gasteiger partial charge in [0.25, 0.3) is 0 Å². The predicted octanol–water partition coefficient (Wildman–Crippen LogP) is 13.2. The Morgan fingerprint density at radius 1 is 0.256 bits per heavy atom. The summed E-state index contributed by atoms with van der Waals surface area (Å²) in [7, 11) is -1.51. The molecule has 0 aliphatic carbocycles. The average molecular weight is 629 g/mol. The van der Waals surface area contributed by atoms with E-state index in [1.807, 2.05) is 0 Å². The Bertz CT molecular complexity index is 453. The Hall–Kier alpha value is 0.350. The van der Waals surface area contributed by atoms with Gasteiger partial charge in [0.2, 0.25) is 0 Å². The van der Waals surface area contributed by atoms with Crippen molar-refractivity contribution in [3.63, 3.8) is 0 Å². The van der Waals surface area contributed by atoms with Gasteiger partial charge in [-0.2, -0.15) is 0 Å². The SMILES string of the molecule is CCCCCCCCCCCCCCCCCC[PH](CCO)(CCO)CCCCCCCCCCCCCCCCCC. The fraction of sp³-hybridized carbons (Fsp3) is 1.00. The Morgan fingerprint density at radius 2 is 0.442 bits per heavy atom. The van der Waals surface area contributed by atoms with Crippen LogP contribution in [0.25, 0.3) is 0 Å². The van der Waals surface area contributed by atoms with E-state index in [9.17, 15) is 10.2 Å². The molecule has 0 aromatic rings. The molecular formula is C40H85O2P. The standard InChI is InChI=1S/C40H85O2P/c1-3-5-7-9-11-13-15-17-19-21-23-25-27-29-31-33-37-43(39-35-41,40-36-42)38-34-32-30-28-26-24-22-20-18-16-14-12-10-8-6-4-2/h41-43H,3-40H2,1-2H3. The minimum atomic E-state index is -1.51. The fourth-order valence-corrected chi connectivity index (χ4v) is 11.8. The first-order chi connectivity index (χ1) is 21.2. The van der Waals surface area contributed by atoms with Gasteiger partial charge in [-0.05, 0) is 0 Å². The van der Waals surface area contributed by atoms with Gasteiger partial charge in [-0.3, -0.25) is 0 Å². The summed E-state index contributed by atoms with van der Waals surface area (Å²) < 4.78 is 0. The topological polar surface area (TPSA) is 40.5 Å². The fourth-order valence-electron chi connectivity index (χ4n) is 7.32. The normalized spacial score (nSPS) is 12.4. The third kappa shape index (κ3) is 32.1. The van der Waals surface area contributed by atoms with Gasteiger partial charge in [0, 0.05) is 0 Å². The van der Waals surface area contributed by atoms with Gasteiger partial charge in [0.1, 0.15) is 0 Å². The molecule has 0 bridgehead atoms. The summed E-state index contributed by atoms with van der Waals surface area (Å²) in [4.78, 5) is 0. The number of unbranched alkanes of at least 4 members (excludes halogenated alkanes) is 30. The Balaban J connectivity index is 3.72. The number of rotatable bonds is 38. The van der Waals surface area contributed by atoms with Crippen molar-refractivity contribution in [2.45, 2.75) is 219 Å². The Kier molecular flexibility index (Phi) is 37.1. The van der Waals surface area contributed by atoms with Crippen LogP contribution >= 0.6 is 7.26 Å². The molecule has 0 aromatic carbocycles. The van der Waals surface area contributed by atoms with Crippen molar-refractivity contribution in [1.29, 1.82) is 0 Å². The van der Waals surface area contributed by atoms with E-state index in [0.29, 0.717) is 13.2 Å². The van der Waals surface area contributed by atoms with Crippen LogP contribution in [0.5, 0.6) is 0 Å². The van der Waals surface area contributed by atoms with E-state index < -0.39 is 7.26 Å².